The Kier molecular flexibility index (Phi) is 2.97. The molecule has 0 bridgehead atoms. The van der Waals surface area contributed by atoms with Crippen LogP contribution in [0.1, 0.15) is 30.8 Å². The van der Waals surface area contributed by atoms with Gasteiger partial charge >= 0.3 is 0 Å². The molecular formula is C12H18N4. The van der Waals surface area contributed by atoms with Crippen molar-refractivity contribution >= 4 is 0 Å². The monoisotopic (exact) mass is 218 g/mol. The minimum Gasteiger partial charge on any atom is -0.295 e. The minimum absolute atomic E-state index is 0.373. The van der Waals surface area contributed by atoms with Crippen molar-refractivity contribution in [3.05, 3.63) is 17.5 Å². The summed E-state index contributed by atoms with van der Waals surface area (Å²) in [6.07, 6.45) is 0.615. The van der Waals surface area contributed by atoms with E-state index in [2.05, 4.69) is 40.7 Å². The van der Waals surface area contributed by atoms with E-state index >= 15 is 0 Å². The van der Waals surface area contributed by atoms with Crippen LogP contribution >= 0.6 is 0 Å². The Bertz CT molecular complexity index is 409. The molecule has 4 heteroatoms. The maximum absolute atomic E-state index is 8.64. The molecule has 1 atom stereocenters. The normalized spacial score (nSPS) is 19.1. The molecule has 1 aliphatic heterocycles. The summed E-state index contributed by atoms with van der Waals surface area (Å²) >= 11 is 0. The summed E-state index contributed by atoms with van der Waals surface area (Å²) in [5, 5.41) is 13.1. The van der Waals surface area contributed by atoms with Gasteiger partial charge in [-0.2, -0.15) is 10.4 Å². The number of hydrogen-bond donors (Lipinski definition) is 0. The Morgan fingerprint density at radius 2 is 2.25 bits per heavy atom. The van der Waals surface area contributed by atoms with Crippen molar-refractivity contribution in [3.63, 3.8) is 0 Å². The first-order valence-electron chi connectivity index (χ1n) is 5.75. The van der Waals surface area contributed by atoms with Gasteiger partial charge in [0, 0.05) is 24.8 Å². The van der Waals surface area contributed by atoms with Crippen molar-refractivity contribution in [2.45, 2.75) is 39.3 Å². The molecule has 1 aliphatic rings. The van der Waals surface area contributed by atoms with Crippen LogP contribution in [0.2, 0.25) is 0 Å². The molecule has 16 heavy (non-hydrogen) atoms. The Hall–Kier alpha value is -1.34. The van der Waals surface area contributed by atoms with Crippen LogP contribution in [-0.2, 0) is 0 Å². The molecule has 0 aliphatic carbocycles. The van der Waals surface area contributed by atoms with Gasteiger partial charge < -0.3 is 0 Å². The van der Waals surface area contributed by atoms with Gasteiger partial charge in [0.25, 0.3) is 0 Å². The summed E-state index contributed by atoms with van der Waals surface area (Å²) in [4.78, 5) is 2.34. The lowest BCUT2D eigenvalue weighted by molar-refractivity contribution is 0.0606. The fourth-order valence-corrected chi connectivity index (χ4v) is 2.28. The number of nitrogens with zero attached hydrogens (tertiary/aromatic N) is 4. The highest BCUT2D eigenvalue weighted by atomic mass is 15.4. The third kappa shape index (κ3) is 1.96. The van der Waals surface area contributed by atoms with E-state index in [-0.39, 0.29) is 0 Å². The fraction of sp³-hybridized carbons (Fsp3) is 0.667. The maximum Gasteiger partial charge on any atom is 0.0776 e. The highest BCUT2D eigenvalue weighted by Gasteiger charge is 2.32. The number of nitriles is 1. The first kappa shape index (κ1) is 11.2. The van der Waals surface area contributed by atoms with E-state index in [9.17, 15) is 0 Å². The minimum atomic E-state index is 0.373. The molecule has 0 N–H and O–H groups in total. The van der Waals surface area contributed by atoms with Crippen molar-refractivity contribution in [2.75, 3.05) is 13.1 Å². The van der Waals surface area contributed by atoms with Crippen molar-refractivity contribution in [3.8, 4) is 6.07 Å². The van der Waals surface area contributed by atoms with E-state index in [1.807, 2.05) is 6.92 Å². The van der Waals surface area contributed by atoms with Crippen LogP contribution in [0.4, 0.5) is 0 Å². The summed E-state index contributed by atoms with van der Waals surface area (Å²) in [7, 11) is 0. The molecule has 0 aromatic carbocycles. The van der Waals surface area contributed by atoms with Gasteiger partial charge in [-0.1, -0.05) is 0 Å². The standard InChI is InChI=1S/C12H18N4/c1-9-6-11(3)16(14-9)12-7-15(8-12)10(2)4-5-13/h6,10,12H,4,7-8H2,1-3H3/t10-/m1/s1. The van der Waals surface area contributed by atoms with Gasteiger partial charge in [-0.05, 0) is 26.8 Å². The zero-order chi connectivity index (χ0) is 11.7. The van der Waals surface area contributed by atoms with Crippen molar-refractivity contribution in [1.29, 1.82) is 5.26 Å². The van der Waals surface area contributed by atoms with E-state index in [4.69, 9.17) is 5.26 Å². The van der Waals surface area contributed by atoms with Crippen LogP contribution in [0.5, 0.6) is 0 Å². The average Bonchev–Trinajstić information content (AvgIpc) is 2.43. The molecule has 2 heterocycles. The van der Waals surface area contributed by atoms with Crippen molar-refractivity contribution in [2.24, 2.45) is 0 Å². The summed E-state index contributed by atoms with van der Waals surface area (Å²) in [6.45, 7) is 8.27. The lowest BCUT2D eigenvalue weighted by Crippen LogP contribution is -2.52. The van der Waals surface area contributed by atoms with Gasteiger partial charge in [-0.25, -0.2) is 0 Å². The zero-order valence-corrected chi connectivity index (χ0v) is 10.1. The highest BCUT2D eigenvalue weighted by Crippen LogP contribution is 2.25. The maximum atomic E-state index is 8.64. The van der Waals surface area contributed by atoms with Gasteiger partial charge in [-0.15, -0.1) is 0 Å². The molecule has 0 saturated carbocycles. The molecule has 1 aromatic rings. The third-order valence-electron chi connectivity index (χ3n) is 3.29. The Labute approximate surface area is 96.5 Å². The van der Waals surface area contributed by atoms with Gasteiger partial charge in [0.2, 0.25) is 0 Å². The second-order valence-electron chi connectivity index (χ2n) is 4.69. The van der Waals surface area contributed by atoms with Crippen LogP contribution < -0.4 is 0 Å². The van der Waals surface area contributed by atoms with Crippen LogP contribution in [-0.4, -0.2) is 33.8 Å². The summed E-state index contributed by atoms with van der Waals surface area (Å²) in [6, 6.07) is 5.20. The molecule has 4 nitrogen and oxygen atoms in total. The summed E-state index contributed by atoms with van der Waals surface area (Å²) in [5.74, 6) is 0. The second kappa shape index (κ2) is 4.26. The van der Waals surface area contributed by atoms with Crippen LogP contribution in [0.15, 0.2) is 6.07 Å². The topological polar surface area (TPSA) is 44.9 Å². The predicted octanol–water partition coefficient (Wildman–Crippen LogP) is 1.66. The smallest absolute Gasteiger partial charge is 0.0776 e. The number of likely N-dealkylation sites (tertiary alicyclic amines) is 1. The Morgan fingerprint density at radius 3 is 2.75 bits per heavy atom. The van der Waals surface area contributed by atoms with E-state index in [1.165, 1.54) is 5.69 Å². The van der Waals surface area contributed by atoms with Crippen LogP contribution in [0.25, 0.3) is 0 Å². The third-order valence-corrected chi connectivity index (χ3v) is 3.29. The zero-order valence-electron chi connectivity index (χ0n) is 10.1. The number of aryl methyl sites for hydroxylation is 2. The molecule has 0 spiro atoms. The molecule has 2 rings (SSSR count). The Balaban J connectivity index is 1.94. The van der Waals surface area contributed by atoms with Crippen molar-refractivity contribution in [1.82, 2.24) is 14.7 Å². The van der Waals surface area contributed by atoms with E-state index < -0.39 is 0 Å². The van der Waals surface area contributed by atoms with Gasteiger partial charge in [0.1, 0.15) is 0 Å². The van der Waals surface area contributed by atoms with E-state index in [1.54, 1.807) is 0 Å². The molecule has 1 saturated heterocycles. The van der Waals surface area contributed by atoms with Gasteiger partial charge in [-0.3, -0.25) is 9.58 Å². The molecule has 1 fully saturated rings. The summed E-state index contributed by atoms with van der Waals surface area (Å²) in [5.41, 5.74) is 2.32. The number of hydrogen-bond acceptors (Lipinski definition) is 3. The van der Waals surface area contributed by atoms with E-state index in [0.717, 1.165) is 18.8 Å². The molecule has 0 amide bonds. The molecule has 86 valence electrons. The largest absolute Gasteiger partial charge is 0.295 e. The molecular weight excluding hydrogens is 200 g/mol. The summed E-state index contributed by atoms with van der Waals surface area (Å²) < 4.78 is 2.12. The Morgan fingerprint density at radius 1 is 1.56 bits per heavy atom. The van der Waals surface area contributed by atoms with Crippen LogP contribution in [0, 0.1) is 25.2 Å². The predicted molar refractivity (Wildman–Crippen MR) is 62.0 cm³/mol. The van der Waals surface area contributed by atoms with Crippen molar-refractivity contribution < 1.29 is 0 Å². The van der Waals surface area contributed by atoms with Gasteiger partial charge in [0.15, 0.2) is 0 Å². The number of aromatic nitrogens is 2. The molecule has 1 aromatic heterocycles. The van der Waals surface area contributed by atoms with E-state index in [0.29, 0.717) is 18.5 Å². The average molecular weight is 218 g/mol. The molecule has 0 radical (unpaired) electrons. The number of rotatable bonds is 3. The quantitative estimate of drug-likeness (QED) is 0.775. The SMILES string of the molecule is Cc1cc(C)n(C2CN([C@H](C)CC#N)C2)n1. The lowest BCUT2D eigenvalue weighted by Gasteiger charge is -2.42. The lowest BCUT2D eigenvalue weighted by atomic mass is 10.0. The fourth-order valence-electron chi connectivity index (χ4n) is 2.28. The molecule has 0 unspecified atom stereocenters. The van der Waals surface area contributed by atoms with Gasteiger partial charge in [0.05, 0.1) is 24.2 Å². The highest BCUT2D eigenvalue weighted by molar-refractivity contribution is 5.09. The first-order valence-corrected chi connectivity index (χ1v) is 5.75. The van der Waals surface area contributed by atoms with Crippen LogP contribution in [0.3, 0.4) is 0 Å². The second-order valence-corrected chi connectivity index (χ2v) is 4.69. The first-order chi connectivity index (χ1) is 7.61.